The quantitative estimate of drug-likeness (QED) is 0.801. The van der Waals surface area contributed by atoms with E-state index in [9.17, 15) is 4.79 Å². The molecule has 2 fully saturated rings. The Morgan fingerprint density at radius 3 is 2.31 bits per heavy atom. The molecule has 29 heavy (non-hydrogen) atoms. The van der Waals surface area contributed by atoms with Crippen molar-refractivity contribution in [2.24, 2.45) is 0 Å². The number of pyridine rings is 1. The second-order valence-electron chi connectivity index (χ2n) is 8.19. The normalized spacial score (nSPS) is 18.2. The van der Waals surface area contributed by atoms with Gasteiger partial charge in [-0.2, -0.15) is 0 Å². The van der Waals surface area contributed by atoms with Crippen molar-refractivity contribution in [1.82, 2.24) is 14.8 Å². The van der Waals surface area contributed by atoms with Gasteiger partial charge in [-0.05, 0) is 50.2 Å². The lowest BCUT2D eigenvalue weighted by atomic mass is 10.1. The van der Waals surface area contributed by atoms with Gasteiger partial charge >= 0.3 is 0 Å². The van der Waals surface area contributed by atoms with E-state index >= 15 is 0 Å². The Bertz CT molecular complexity index is 867. The number of aryl methyl sites for hydroxylation is 1. The molecular weight excluding hydrogens is 362 g/mol. The maximum Gasteiger partial charge on any atom is 0.272 e. The molecule has 0 N–H and O–H groups in total. The molecule has 1 amide bonds. The Balaban J connectivity index is 1.42. The van der Waals surface area contributed by atoms with Crippen LogP contribution in [0, 0.1) is 13.8 Å². The molecule has 6 heteroatoms. The minimum atomic E-state index is 0.0500. The molecular formula is C23H31N5O. The van der Waals surface area contributed by atoms with Gasteiger partial charge < -0.3 is 19.6 Å². The molecule has 154 valence electrons. The van der Waals surface area contributed by atoms with Gasteiger partial charge in [0.15, 0.2) is 0 Å². The van der Waals surface area contributed by atoms with E-state index in [1.165, 1.54) is 16.8 Å². The molecule has 0 aliphatic carbocycles. The smallest absolute Gasteiger partial charge is 0.272 e. The van der Waals surface area contributed by atoms with E-state index in [1.807, 2.05) is 17.0 Å². The molecule has 0 saturated carbocycles. The zero-order valence-corrected chi connectivity index (χ0v) is 17.8. The van der Waals surface area contributed by atoms with E-state index < -0.39 is 0 Å². The largest absolute Gasteiger partial charge is 0.368 e. The van der Waals surface area contributed by atoms with E-state index in [1.54, 1.807) is 6.20 Å². The van der Waals surface area contributed by atoms with Crippen molar-refractivity contribution in [3.63, 3.8) is 0 Å². The van der Waals surface area contributed by atoms with E-state index in [4.69, 9.17) is 0 Å². The van der Waals surface area contributed by atoms with Crippen molar-refractivity contribution in [2.45, 2.75) is 13.8 Å². The molecule has 4 rings (SSSR count). The summed E-state index contributed by atoms with van der Waals surface area (Å²) < 4.78 is 0. The van der Waals surface area contributed by atoms with Crippen LogP contribution in [0.1, 0.15) is 21.6 Å². The number of carbonyl (C=O) groups is 1. The van der Waals surface area contributed by atoms with Gasteiger partial charge in [-0.3, -0.25) is 9.78 Å². The predicted octanol–water partition coefficient (Wildman–Crippen LogP) is 2.41. The predicted molar refractivity (Wildman–Crippen MR) is 118 cm³/mol. The molecule has 0 spiro atoms. The average molecular weight is 394 g/mol. The average Bonchev–Trinajstić information content (AvgIpc) is 2.76. The number of rotatable bonds is 3. The monoisotopic (exact) mass is 393 g/mol. The first kappa shape index (κ1) is 19.7. The minimum Gasteiger partial charge on any atom is -0.368 e. The molecule has 3 heterocycles. The van der Waals surface area contributed by atoms with Crippen LogP contribution in [0.3, 0.4) is 0 Å². The van der Waals surface area contributed by atoms with Crippen LogP contribution in [0.15, 0.2) is 36.5 Å². The molecule has 6 nitrogen and oxygen atoms in total. The lowest BCUT2D eigenvalue weighted by Crippen LogP contribution is -2.48. The minimum absolute atomic E-state index is 0.0500. The first-order valence-electron chi connectivity index (χ1n) is 10.5. The third kappa shape index (κ3) is 4.22. The van der Waals surface area contributed by atoms with Gasteiger partial charge in [0.1, 0.15) is 5.69 Å². The van der Waals surface area contributed by atoms with Crippen molar-refractivity contribution in [3.05, 3.63) is 53.3 Å². The Morgan fingerprint density at radius 1 is 0.897 bits per heavy atom. The van der Waals surface area contributed by atoms with Crippen molar-refractivity contribution < 1.29 is 4.79 Å². The van der Waals surface area contributed by atoms with Crippen LogP contribution < -0.4 is 9.80 Å². The Labute approximate surface area is 173 Å². The number of nitrogens with zero attached hydrogens (tertiary/aromatic N) is 5. The second kappa shape index (κ2) is 8.41. The number of aromatic nitrogens is 1. The molecule has 0 atom stereocenters. The molecule has 2 aliphatic heterocycles. The van der Waals surface area contributed by atoms with Gasteiger partial charge in [0.2, 0.25) is 0 Å². The molecule has 2 aromatic rings. The third-order valence-corrected chi connectivity index (χ3v) is 6.31. The van der Waals surface area contributed by atoms with Gasteiger partial charge in [0.05, 0.1) is 0 Å². The summed E-state index contributed by atoms with van der Waals surface area (Å²) in [6.07, 6.45) is 1.77. The number of amides is 1. The summed E-state index contributed by atoms with van der Waals surface area (Å²) in [7, 11) is 2.10. The first-order chi connectivity index (χ1) is 14.0. The maximum atomic E-state index is 12.9. The van der Waals surface area contributed by atoms with Crippen LogP contribution in [0.2, 0.25) is 0 Å². The Kier molecular flexibility index (Phi) is 5.72. The topological polar surface area (TPSA) is 42.9 Å². The fourth-order valence-corrected chi connectivity index (χ4v) is 4.19. The zero-order valence-electron chi connectivity index (χ0n) is 17.8. The fourth-order valence-electron chi connectivity index (χ4n) is 4.19. The molecule has 1 aromatic carbocycles. The summed E-state index contributed by atoms with van der Waals surface area (Å²) >= 11 is 0. The maximum absolute atomic E-state index is 12.9. The van der Waals surface area contributed by atoms with Gasteiger partial charge in [0, 0.05) is 69.9 Å². The van der Waals surface area contributed by atoms with Crippen LogP contribution in [-0.4, -0.2) is 80.1 Å². The number of anilines is 2. The van der Waals surface area contributed by atoms with E-state index in [0.717, 1.165) is 58.0 Å². The Morgan fingerprint density at radius 2 is 1.59 bits per heavy atom. The van der Waals surface area contributed by atoms with Gasteiger partial charge in [0.25, 0.3) is 5.91 Å². The van der Waals surface area contributed by atoms with Crippen LogP contribution in [-0.2, 0) is 0 Å². The van der Waals surface area contributed by atoms with Crippen LogP contribution >= 0.6 is 0 Å². The van der Waals surface area contributed by atoms with Crippen LogP contribution in [0.4, 0.5) is 11.4 Å². The number of piperazine rings is 2. The SMILES string of the molecule is Cc1cccc(N2CCN(c3ccnc(C(=O)N4CCN(C)CC4)c3)CC2)c1C. The summed E-state index contributed by atoms with van der Waals surface area (Å²) in [6, 6.07) is 10.5. The molecule has 0 unspecified atom stereocenters. The van der Waals surface area contributed by atoms with E-state index in [0.29, 0.717) is 5.69 Å². The number of benzene rings is 1. The molecule has 2 aliphatic rings. The highest BCUT2D eigenvalue weighted by atomic mass is 16.2. The number of carbonyl (C=O) groups excluding carboxylic acids is 1. The summed E-state index contributed by atoms with van der Waals surface area (Å²) in [6.45, 7) is 11.6. The summed E-state index contributed by atoms with van der Waals surface area (Å²) in [5.41, 5.74) is 5.70. The standard InChI is InChI=1S/C23H31N5O/c1-18-5-4-6-22(19(18)2)27-15-13-26(14-16-27)20-7-8-24-21(17-20)23(29)28-11-9-25(3)10-12-28/h4-8,17H,9-16H2,1-3H3. The van der Waals surface area contributed by atoms with Crippen molar-refractivity contribution in [1.29, 1.82) is 0 Å². The zero-order chi connectivity index (χ0) is 20.4. The summed E-state index contributed by atoms with van der Waals surface area (Å²) in [5.74, 6) is 0.0500. The molecule has 1 aromatic heterocycles. The number of hydrogen-bond acceptors (Lipinski definition) is 5. The number of hydrogen-bond donors (Lipinski definition) is 0. The van der Waals surface area contributed by atoms with E-state index in [-0.39, 0.29) is 5.91 Å². The lowest BCUT2D eigenvalue weighted by Gasteiger charge is -2.38. The molecule has 0 bridgehead atoms. The second-order valence-corrected chi connectivity index (χ2v) is 8.19. The highest BCUT2D eigenvalue weighted by Gasteiger charge is 2.23. The third-order valence-electron chi connectivity index (χ3n) is 6.31. The van der Waals surface area contributed by atoms with Crippen LogP contribution in [0.25, 0.3) is 0 Å². The summed E-state index contributed by atoms with van der Waals surface area (Å²) in [5, 5.41) is 0. The van der Waals surface area contributed by atoms with Gasteiger partial charge in [-0.15, -0.1) is 0 Å². The lowest BCUT2D eigenvalue weighted by molar-refractivity contribution is 0.0658. The van der Waals surface area contributed by atoms with Gasteiger partial charge in [-0.25, -0.2) is 0 Å². The highest BCUT2D eigenvalue weighted by molar-refractivity contribution is 5.93. The fraction of sp³-hybridized carbons (Fsp3) is 0.478. The molecule has 0 radical (unpaired) electrons. The van der Waals surface area contributed by atoms with Gasteiger partial charge in [-0.1, -0.05) is 12.1 Å². The molecule has 2 saturated heterocycles. The number of likely N-dealkylation sites (N-methyl/N-ethyl adjacent to an activating group) is 1. The Hall–Kier alpha value is -2.60. The summed E-state index contributed by atoms with van der Waals surface area (Å²) in [4.78, 5) is 26.2. The van der Waals surface area contributed by atoms with E-state index in [2.05, 4.69) is 58.8 Å². The van der Waals surface area contributed by atoms with Crippen molar-refractivity contribution >= 4 is 17.3 Å². The van der Waals surface area contributed by atoms with Crippen molar-refractivity contribution in [2.75, 3.05) is 69.2 Å². The first-order valence-corrected chi connectivity index (χ1v) is 10.5. The van der Waals surface area contributed by atoms with Crippen LogP contribution in [0.5, 0.6) is 0 Å². The highest BCUT2D eigenvalue weighted by Crippen LogP contribution is 2.25. The van der Waals surface area contributed by atoms with Crippen molar-refractivity contribution in [3.8, 4) is 0 Å².